The minimum absolute atomic E-state index is 0.137. The lowest BCUT2D eigenvalue weighted by molar-refractivity contribution is 0.0208. The maximum Gasteiger partial charge on any atom is 0.319 e. The number of rotatable bonds is 4. The first-order chi connectivity index (χ1) is 12.7. The molecule has 0 saturated carbocycles. The van der Waals surface area contributed by atoms with E-state index in [0.29, 0.717) is 17.1 Å². The molecule has 2 amide bonds. The average Bonchev–Trinajstić information content (AvgIpc) is 3.08. The Bertz CT molecular complexity index is 737. The van der Waals surface area contributed by atoms with E-state index in [0.717, 1.165) is 25.1 Å². The van der Waals surface area contributed by atoms with E-state index in [4.69, 9.17) is 11.6 Å². The normalized spacial score (nSPS) is 25.7. The predicted octanol–water partition coefficient (Wildman–Crippen LogP) is 5.11. The zero-order valence-electron chi connectivity index (χ0n) is 14.7. The third-order valence-electron chi connectivity index (χ3n) is 5.46. The van der Waals surface area contributed by atoms with Gasteiger partial charge in [0, 0.05) is 40.3 Å². The average molecular weight is 390 g/mol. The number of carbonyl (C=O) groups excluding carboxylic acids is 1. The summed E-state index contributed by atoms with van der Waals surface area (Å²) >= 11 is 7.82. The van der Waals surface area contributed by atoms with Crippen molar-refractivity contribution in [1.82, 2.24) is 10.2 Å². The molecule has 4 nitrogen and oxygen atoms in total. The number of thiophene rings is 1. The van der Waals surface area contributed by atoms with Crippen molar-refractivity contribution in [2.24, 2.45) is 0 Å². The fourth-order valence-electron chi connectivity index (χ4n) is 4.36. The van der Waals surface area contributed by atoms with Crippen LogP contribution in [0.5, 0.6) is 0 Å². The van der Waals surface area contributed by atoms with E-state index >= 15 is 0 Å². The molecular formula is C20H24ClN3OS. The molecule has 2 aromatic rings. The van der Waals surface area contributed by atoms with E-state index in [1.807, 2.05) is 23.5 Å². The van der Waals surface area contributed by atoms with Gasteiger partial charge < -0.3 is 10.6 Å². The van der Waals surface area contributed by atoms with E-state index in [1.165, 1.54) is 24.1 Å². The van der Waals surface area contributed by atoms with Crippen molar-refractivity contribution >= 4 is 34.7 Å². The molecule has 0 aliphatic carbocycles. The lowest BCUT2D eigenvalue weighted by atomic mass is 9.81. The van der Waals surface area contributed by atoms with Crippen molar-refractivity contribution in [2.75, 3.05) is 5.32 Å². The molecule has 2 atom stereocenters. The van der Waals surface area contributed by atoms with Crippen LogP contribution >= 0.6 is 22.9 Å². The Balaban J connectivity index is 1.35. The number of piperidine rings is 2. The third kappa shape index (κ3) is 4.22. The summed E-state index contributed by atoms with van der Waals surface area (Å²) in [7, 11) is 0. The summed E-state index contributed by atoms with van der Waals surface area (Å²) in [6.07, 6.45) is 5.83. The number of amides is 2. The highest BCUT2D eigenvalue weighted by atomic mass is 35.5. The lowest BCUT2D eigenvalue weighted by Gasteiger charge is -2.48. The quantitative estimate of drug-likeness (QED) is 0.763. The van der Waals surface area contributed by atoms with Gasteiger partial charge in [-0.3, -0.25) is 4.90 Å². The minimum Gasteiger partial charge on any atom is -0.335 e. The van der Waals surface area contributed by atoms with Crippen molar-refractivity contribution in [1.29, 1.82) is 0 Å². The molecular weight excluding hydrogens is 366 g/mol. The topological polar surface area (TPSA) is 44.4 Å². The number of urea groups is 1. The van der Waals surface area contributed by atoms with E-state index in [9.17, 15) is 4.79 Å². The first kappa shape index (κ1) is 17.8. The Morgan fingerprint density at radius 1 is 1.19 bits per heavy atom. The Kier molecular flexibility index (Phi) is 5.48. The van der Waals surface area contributed by atoms with Gasteiger partial charge in [0.2, 0.25) is 0 Å². The fourth-order valence-corrected chi connectivity index (χ4v) is 5.26. The van der Waals surface area contributed by atoms with E-state index in [2.05, 4.69) is 33.0 Å². The van der Waals surface area contributed by atoms with Crippen LogP contribution in [-0.2, 0) is 6.54 Å². The van der Waals surface area contributed by atoms with Gasteiger partial charge >= 0.3 is 6.03 Å². The van der Waals surface area contributed by atoms with Crippen LogP contribution < -0.4 is 10.6 Å². The van der Waals surface area contributed by atoms with Crippen molar-refractivity contribution < 1.29 is 4.79 Å². The summed E-state index contributed by atoms with van der Waals surface area (Å²) in [5.74, 6) is 0. The fraction of sp³-hybridized carbons (Fsp3) is 0.450. The minimum atomic E-state index is -0.137. The number of benzene rings is 1. The number of carbonyl (C=O) groups is 1. The second kappa shape index (κ2) is 7.99. The highest BCUT2D eigenvalue weighted by molar-refractivity contribution is 7.09. The van der Waals surface area contributed by atoms with Gasteiger partial charge in [-0.2, -0.15) is 0 Å². The number of nitrogens with zero attached hydrogens (tertiary/aromatic N) is 1. The van der Waals surface area contributed by atoms with Gasteiger partial charge in [0.05, 0.1) is 0 Å². The van der Waals surface area contributed by atoms with E-state index < -0.39 is 0 Å². The van der Waals surface area contributed by atoms with Crippen LogP contribution in [0.1, 0.15) is 37.0 Å². The summed E-state index contributed by atoms with van der Waals surface area (Å²) in [6.45, 7) is 1.05. The molecule has 138 valence electrons. The molecule has 1 aromatic carbocycles. The third-order valence-corrected chi connectivity index (χ3v) is 6.56. The summed E-state index contributed by atoms with van der Waals surface area (Å²) in [5, 5.41) is 8.85. The molecule has 2 unspecified atom stereocenters. The van der Waals surface area contributed by atoms with Gasteiger partial charge in [-0.25, -0.2) is 4.79 Å². The van der Waals surface area contributed by atoms with Gasteiger partial charge in [-0.05, 0) is 55.3 Å². The summed E-state index contributed by atoms with van der Waals surface area (Å²) in [6, 6.07) is 12.9. The van der Waals surface area contributed by atoms with Crippen LogP contribution in [0, 0.1) is 0 Å². The first-order valence-electron chi connectivity index (χ1n) is 9.28. The summed E-state index contributed by atoms with van der Waals surface area (Å²) < 4.78 is 0. The maximum absolute atomic E-state index is 12.4. The molecule has 0 spiro atoms. The number of fused-ring (bicyclic) bond motifs is 2. The van der Waals surface area contributed by atoms with Crippen LogP contribution in [0.4, 0.5) is 10.5 Å². The molecule has 2 N–H and O–H groups in total. The van der Waals surface area contributed by atoms with Crippen LogP contribution in [0.15, 0.2) is 41.8 Å². The van der Waals surface area contributed by atoms with Crippen molar-refractivity contribution in [2.45, 2.75) is 56.8 Å². The van der Waals surface area contributed by atoms with E-state index in [-0.39, 0.29) is 12.1 Å². The van der Waals surface area contributed by atoms with Gasteiger partial charge in [0.25, 0.3) is 0 Å². The SMILES string of the molecule is O=C(Nc1cccc(Cl)c1)NC1CC2CCCC(C1)N2Cc1cccs1. The Labute approximate surface area is 163 Å². The Hall–Kier alpha value is -1.56. The second-order valence-electron chi connectivity index (χ2n) is 7.27. The number of hydrogen-bond acceptors (Lipinski definition) is 3. The van der Waals surface area contributed by atoms with Crippen molar-refractivity contribution in [3.63, 3.8) is 0 Å². The Morgan fingerprint density at radius 3 is 2.69 bits per heavy atom. The van der Waals surface area contributed by atoms with Crippen LogP contribution in [0.25, 0.3) is 0 Å². The predicted molar refractivity (Wildman–Crippen MR) is 108 cm³/mol. The molecule has 6 heteroatoms. The maximum atomic E-state index is 12.4. The monoisotopic (exact) mass is 389 g/mol. The molecule has 2 aliphatic heterocycles. The molecule has 2 fully saturated rings. The van der Waals surface area contributed by atoms with Gasteiger partial charge in [-0.15, -0.1) is 11.3 Å². The number of nitrogens with one attached hydrogen (secondary N) is 2. The molecule has 1 aromatic heterocycles. The zero-order chi connectivity index (χ0) is 17.9. The first-order valence-corrected chi connectivity index (χ1v) is 10.5. The molecule has 4 rings (SSSR count). The van der Waals surface area contributed by atoms with Gasteiger partial charge in [0.1, 0.15) is 0 Å². The van der Waals surface area contributed by atoms with Crippen LogP contribution in [-0.4, -0.2) is 29.1 Å². The van der Waals surface area contributed by atoms with Crippen molar-refractivity contribution in [3.05, 3.63) is 51.7 Å². The molecule has 2 bridgehead atoms. The highest BCUT2D eigenvalue weighted by Gasteiger charge is 2.38. The zero-order valence-corrected chi connectivity index (χ0v) is 16.2. The van der Waals surface area contributed by atoms with E-state index in [1.54, 1.807) is 12.1 Å². The number of hydrogen-bond donors (Lipinski definition) is 2. The lowest BCUT2D eigenvalue weighted by Crippen LogP contribution is -2.56. The van der Waals surface area contributed by atoms with Gasteiger partial charge in [0.15, 0.2) is 0 Å². The Morgan fingerprint density at radius 2 is 2.00 bits per heavy atom. The summed E-state index contributed by atoms with van der Waals surface area (Å²) in [5.41, 5.74) is 0.727. The van der Waals surface area contributed by atoms with Crippen LogP contribution in [0.2, 0.25) is 5.02 Å². The molecule has 3 heterocycles. The number of anilines is 1. The van der Waals surface area contributed by atoms with Crippen molar-refractivity contribution in [3.8, 4) is 0 Å². The largest absolute Gasteiger partial charge is 0.335 e. The standard InChI is InChI=1S/C20H24ClN3OS/c21-14-4-1-5-15(10-14)22-20(25)23-16-11-17-6-2-7-18(12-16)24(17)13-19-8-3-9-26-19/h1,3-5,8-10,16-18H,2,6-7,11-13H2,(H2,22,23,25). The summed E-state index contributed by atoms with van der Waals surface area (Å²) in [4.78, 5) is 16.5. The highest BCUT2D eigenvalue weighted by Crippen LogP contribution is 2.35. The molecule has 26 heavy (non-hydrogen) atoms. The number of halogens is 1. The molecule has 2 aliphatic rings. The second-order valence-corrected chi connectivity index (χ2v) is 8.74. The smallest absolute Gasteiger partial charge is 0.319 e. The van der Waals surface area contributed by atoms with Crippen LogP contribution in [0.3, 0.4) is 0 Å². The molecule has 0 radical (unpaired) electrons. The molecule has 2 saturated heterocycles. The van der Waals surface area contributed by atoms with Gasteiger partial charge in [-0.1, -0.05) is 30.2 Å².